The molecule has 0 spiro atoms. The number of carbonyl (C=O) groups excluding carboxylic acids is 1. The van der Waals surface area contributed by atoms with Gasteiger partial charge in [-0.1, -0.05) is 13.3 Å². The molecule has 1 saturated heterocycles. The van der Waals surface area contributed by atoms with Crippen molar-refractivity contribution in [3.8, 4) is 5.88 Å². The molecule has 2 atom stereocenters. The zero-order chi connectivity index (χ0) is 21.4. The number of ether oxygens (including phenoxy) is 1. The fraction of sp³-hybridized carbons (Fsp3) is 0.708. The van der Waals surface area contributed by atoms with Crippen LogP contribution < -0.4 is 10.5 Å². The van der Waals surface area contributed by atoms with Gasteiger partial charge in [-0.2, -0.15) is 0 Å². The van der Waals surface area contributed by atoms with Crippen LogP contribution in [0.2, 0.25) is 0 Å². The Morgan fingerprint density at radius 2 is 1.97 bits per heavy atom. The van der Waals surface area contributed by atoms with E-state index in [1.54, 1.807) is 17.7 Å². The van der Waals surface area contributed by atoms with Gasteiger partial charge < -0.3 is 15.4 Å². The third-order valence-corrected chi connectivity index (χ3v) is 8.82. The summed E-state index contributed by atoms with van der Waals surface area (Å²) in [6.45, 7) is 4.48. The lowest BCUT2D eigenvalue weighted by Crippen LogP contribution is -2.42. The zero-order valence-corrected chi connectivity index (χ0v) is 19.3. The Kier molecular flexibility index (Phi) is 6.15. The number of aromatic nitrogens is 2. The number of carbonyl (C=O) groups is 1. The minimum Gasteiger partial charge on any atom is -0.474 e. The molecule has 7 heteroatoms. The second-order valence-corrected chi connectivity index (χ2v) is 10.8. The van der Waals surface area contributed by atoms with Gasteiger partial charge in [0.1, 0.15) is 17.3 Å². The van der Waals surface area contributed by atoms with Crippen molar-refractivity contribution in [2.24, 2.45) is 11.7 Å². The second-order valence-electron chi connectivity index (χ2n) is 9.72. The highest BCUT2D eigenvalue weighted by Crippen LogP contribution is 2.48. The number of thiophene rings is 1. The number of nitrogens with two attached hydrogens (primary N) is 1. The maximum Gasteiger partial charge on any atom is 0.225 e. The summed E-state index contributed by atoms with van der Waals surface area (Å²) in [5.41, 5.74) is 6.88. The molecule has 3 aliphatic rings. The first kappa shape index (κ1) is 21.1. The minimum absolute atomic E-state index is 0.120. The predicted molar refractivity (Wildman–Crippen MR) is 124 cm³/mol. The lowest BCUT2D eigenvalue weighted by molar-refractivity contribution is -0.121. The molecule has 1 saturated carbocycles. The quantitative estimate of drug-likeness (QED) is 0.717. The molecule has 2 aliphatic carbocycles. The molecule has 0 bridgehead atoms. The van der Waals surface area contributed by atoms with E-state index in [9.17, 15) is 4.79 Å². The van der Waals surface area contributed by atoms with E-state index in [0.29, 0.717) is 5.92 Å². The molecular weight excluding hydrogens is 408 g/mol. The summed E-state index contributed by atoms with van der Waals surface area (Å²) in [5, 5.41) is 1.10. The molecule has 31 heavy (non-hydrogen) atoms. The molecular formula is C24H34N4O2S. The molecule has 6 nitrogen and oxygen atoms in total. The van der Waals surface area contributed by atoms with Crippen molar-refractivity contribution in [3.63, 3.8) is 0 Å². The first-order chi connectivity index (χ1) is 15.1. The molecule has 0 radical (unpaired) electrons. The Morgan fingerprint density at radius 3 is 2.71 bits per heavy atom. The van der Waals surface area contributed by atoms with Crippen molar-refractivity contribution in [1.82, 2.24) is 14.9 Å². The molecule has 168 valence electrons. The zero-order valence-electron chi connectivity index (χ0n) is 18.5. The van der Waals surface area contributed by atoms with Crippen molar-refractivity contribution in [2.75, 3.05) is 13.1 Å². The van der Waals surface area contributed by atoms with Crippen LogP contribution in [0, 0.1) is 5.92 Å². The maximum atomic E-state index is 11.6. The second kappa shape index (κ2) is 9.02. The van der Waals surface area contributed by atoms with Gasteiger partial charge in [-0.05, 0) is 82.4 Å². The van der Waals surface area contributed by atoms with Crippen molar-refractivity contribution < 1.29 is 9.53 Å². The Hall–Kier alpha value is -1.73. The van der Waals surface area contributed by atoms with E-state index in [-0.39, 0.29) is 17.9 Å². The number of primary amides is 1. The number of rotatable bonds is 6. The van der Waals surface area contributed by atoms with Gasteiger partial charge in [-0.15, -0.1) is 11.3 Å². The van der Waals surface area contributed by atoms with Gasteiger partial charge in [-0.25, -0.2) is 9.97 Å². The van der Waals surface area contributed by atoms with E-state index in [4.69, 9.17) is 10.5 Å². The van der Waals surface area contributed by atoms with Gasteiger partial charge in [0.2, 0.25) is 11.8 Å². The van der Waals surface area contributed by atoms with Gasteiger partial charge in [0.05, 0.1) is 5.39 Å². The van der Waals surface area contributed by atoms with E-state index in [1.807, 2.05) is 6.92 Å². The smallest absolute Gasteiger partial charge is 0.225 e. The highest BCUT2D eigenvalue weighted by Gasteiger charge is 2.33. The summed E-state index contributed by atoms with van der Waals surface area (Å²) in [7, 11) is 0. The molecule has 3 heterocycles. The molecule has 2 aromatic rings. The van der Waals surface area contributed by atoms with Crippen molar-refractivity contribution in [3.05, 3.63) is 16.8 Å². The van der Waals surface area contributed by atoms with Crippen LogP contribution in [-0.2, 0) is 11.2 Å². The molecule has 5 rings (SSSR count). The number of fused-ring (bicyclic) bond motifs is 3. The van der Waals surface area contributed by atoms with Crippen LogP contribution in [0.4, 0.5) is 0 Å². The van der Waals surface area contributed by atoms with Crippen LogP contribution in [0.15, 0.2) is 6.33 Å². The van der Waals surface area contributed by atoms with Gasteiger partial charge in [0, 0.05) is 16.8 Å². The maximum absolute atomic E-state index is 11.6. The third-order valence-electron chi connectivity index (χ3n) is 7.65. The third kappa shape index (κ3) is 4.31. The van der Waals surface area contributed by atoms with E-state index in [2.05, 4.69) is 14.9 Å². The van der Waals surface area contributed by atoms with Crippen LogP contribution in [0.3, 0.4) is 0 Å². The van der Waals surface area contributed by atoms with Crippen LogP contribution in [0.5, 0.6) is 5.88 Å². The molecule has 0 aromatic carbocycles. The fourth-order valence-electron chi connectivity index (χ4n) is 5.88. The van der Waals surface area contributed by atoms with Crippen LogP contribution in [0.25, 0.3) is 10.2 Å². The van der Waals surface area contributed by atoms with Gasteiger partial charge in [0.15, 0.2) is 0 Å². The largest absolute Gasteiger partial charge is 0.474 e. The van der Waals surface area contributed by atoms with E-state index < -0.39 is 0 Å². The number of piperidine rings is 1. The van der Waals surface area contributed by atoms with Gasteiger partial charge in [0.25, 0.3) is 0 Å². The highest BCUT2D eigenvalue weighted by atomic mass is 32.1. The van der Waals surface area contributed by atoms with E-state index in [1.165, 1.54) is 55.6 Å². The lowest BCUT2D eigenvalue weighted by Gasteiger charge is -2.38. The number of hydrogen-bond acceptors (Lipinski definition) is 6. The number of aryl methyl sites for hydroxylation is 1. The van der Waals surface area contributed by atoms with Crippen molar-refractivity contribution >= 4 is 27.5 Å². The molecule has 2 fully saturated rings. The Bertz CT molecular complexity index is 931. The summed E-state index contributed by atoms with van der Waals surface area (Å²) in [4.78, 5) is 25.9. The van der Waals surface area contributed by atoms with Crippen molar-refractivity contribution in [2.45, 2.75) is 89.2 Å². The number of nitrogens with zero attached hydrogens (tertiary/aromatic N) is 3. The summed E-state index contributed by atoms with van der Waals surface area (Å²) in [5.74, 6) is 0.758. The average Bonchev–Trinajstić information content (AvgIpc) is 3.35. The Balaban J connectivity index is 1.31. The highest BCUT2D eigenvalue weighted by molar-refractivity contribution is 7.19. The summed E-state index contributed by atoms with van der Waals surface area (Å²) < 4.78 is 6.53. The monoisotopic (exact) mass is 442 g/mol. The normalized spacial score (nSPS) is 27.8. The lowest BCUT2D eigenvalue weighted by atomic mass is 9.90. The Labute approximate surface area is 188 Å². The van der Waals surface area contributed by atoms with Gasteiger partial charge in [-0.3, -0.25) is 4.79 Å². The number of hydrogen-bond donors (Lipinski definition) is 1. The first-order valence-corrected chi connectivity index (χ1v) is 12.9. The summed E-state index contributed by atoms with van der Waals surface area (Å²) in [6.07, 6.45) is 13.5. The van der Waals surface area contributed by atoms with Gasteiger partial charge >= 0.3 is 0 Å². The standard InChI is InChI=1S/C24H34N4O2S/c1-15(22(25)29)13-16-5-10-19-20(16)21-23(26-14-27-24(21)31-19)30-18-8-6-17(7-9-18)28-11-3-2-4-12-28/h14-18H,2-13H2,1H3,(H2,25,29)/t15?,16-,17?,18?/m1/s1. The fourth-order valence-corrected chi connectivity index (χ4v) is 7.11. The molecule has 2 aromatic heterocycles. The number of likely N-dealkylation sites (tertiary alicyclic amines) is 1. The predicted octanol–water partition coefficient (Wildman–Crippen LogP) is 4.41. The van der Waals surface area contributed by atoms with Crippen LogP contribution in [0.1, 0.15) is 81.1 Å². The van der Waals surface area contributed by atoms with Crippen molar-refractivity contribution in [1.29, 1.82) is 0 Å². The summed E-state index contributed by atoms with van der Waals surface area (Å²) >= 11 is 1.77. The molecule has 1 unspecified atom stereocenters. The van der Waals surface area contributed by atoms with E-state index in [0.717, 1.165) is 54.2 Å². The average molecular weight is 443 g/mol. The van der Waals surface area contributed by atoms with Crippen LogP contribution in [-0.4, -0.2) is 46.0 Å². The molecule has 1 amide bonds. The minimum atomic E-state index is -0.217. The SMILES string of the molecule is CC(C[C@H]1CCc2sc3ncnc(OC4CCC(N5CCCCC5)CC4)c3c21)C(N)=O. The Morgan fingerprint density at radius 1 is 1.19 bits per heavy atom. The summed E-state index contributed by atoms with van der Waals surface area (Å²) in [6, 6.07) is 0.732. The molecule has 1 aliphatic heterocycles. The first-order valence-electron chi connectivity index (χ1n) is 12.1. The number of amides is 1. The topological polar surface area (TPSA) is 81.3 Å². The molecule has 2 N–H and O–H groups in total. The van der Waals surface area contributed by atoms with Crippen LogP contribution >= 0.6 is 11.3 Å². The van der Waals surface area contributed by atoms with E-state index >= 15 is 0 Å².